The number of halogens is 1. The van der Waals surface area contributed by atoms with E-state index in [4.69, 9.17) is 4.74 Å². The first-order valence-corrected chi connectivity index (χ1v) is 12.0. The molecule has 0 aromatic heterocycles. The van der Waals surface area contributed by atoms with Crippen LogP contribution < -0.4 is 15.0 Å². The molecule has 5 rings (SSSR count). The van der Waals surface area contributed by atoms with Crippen LogP contribution in [0.15, 0.2) is 86.3 Å². The molecule has 0 saturated carbocycles. The van der Waals surface area contributed by atoms with Crippen molar-refractivity contribution in [1.82, 2.24) is 0 Å². The van der Waals surface area contributed by atoms with E-state index in [-0.39, 0.29) is 23.3 Å². The number of fused-ring (bicyclic) bond motifs is 1. The van der Waals surface area contributed by atoms with Gasteiger partial charge in [-0.25, -0.2) is 0 Å². The summed E-state index contributed by atoms with van der Waals surface area (Å²) in [6.45, 7) is 0. The molecule has 35 heavy (non-hydrogen) atoms. The fourth-order valence-corrected chi connectivity index (χ4v) is 4.83. The Kier molecular flexibility index (Phi) is 6.14. The zero-order valence-electron chi connectivity index (χ0n) is 18.2. The number of hydrogen-bond acceptors (Lipinski definition) is 7. The number of carbonyl (C=O) groups excluding carboxylic acids is 2. The monoisotopic (exact) mass is 548 g/mol. The minimum atomic E-state index is -0.368. The van der Waals surface area contributed by atoms with Crippen molar-refractivity contribution in [1.29, 1.82) is 0 Å². The van der Waals surface area contributed by atoms with E-state index in [9.17, 15) is 14.7 Å². The standard InChI is InChI=1S/C25H17BrN4O4S/c1-34-18-9-5-16(6-10-18)30-24(33)21(12-14-2-7-17(31)8-3-14)35-25(30)29-28-22-19-13-15(26)4-11-20(19)27-23(22)32/h2-13,31H,1H3,(H,27,28,32). The number of rotatable bonds is 4. The summed E-state index contributed by atoms with van der Waals surface area (Å²) in [6.07, 6.45) is 1.72. The van der Waals surface area contributed by atoms with Gasteiger partial charge in [-0.05, 0) is 78.0 Å². The van der Waals surface area contributed by atoms with Crippen LogP contribution in [0.5, 0.6) is 11.5 Å². The van der Waals surface area contributed by atoms with Crippen molar-refractivity contribution < 1.29 is 19.4 Å². The average Bonchev–Trinajstić information content (AvgIpc) is 3.34. The van der Waals surface area contributed by atoms with Crippen molar-refractivity contribution >= 4 is 67.8 Å². The lowest BCUT2D eigenvalue weighted by molar-refractivity contribution is -0.113. The molecule has 2 heterocycles. The number of nitrogens with zero attached hydrogens (tertiary/aromatic N) is 3. The molecule has 2 N–H and O–H groups in total. The Bertz CT molecular complexity index is 1430. The number of benzene rings is 3. The lowest BCUT2D eigenvalue weighted by Gasteiger charge is -2.15. The lowest BCUT2D eigenvalue weighted by atomic mass is 10.1. The molecule has 2 aliphatic rings. The molecular weight excluding hydrogens is 532 g/mol. The number of amidine groups is 1. The second-order valence-corrected chi connectivity index (χ2v) is 9.44. The van der Waals surface area contributed by atoms with Gasteiger partial charge in [0.1, 0.15) is 11.5 Å². The highest BCUT2D eigenvalue weighted by Crippen LogP contribution is 2.37. The molecule has 3 aromatic carbocycles. The zero-order valence-corrected chi connectivity index (χ0v) is 20.6. The molecule has 174 valence electrons. The van der Waals surface area contributed by atoms with Gasteiger partial charge >= 0.3 is 0 Å². The number of phenolic OH excluding ortho intramolecular Hbond substituents is 1. The molecule has 8 nitrogen and oxygen atoms in total. The maximum absolute atomic E-state index is 13.4. The Labute approximate surface area is 213 Å². The Morgan fingerprint density at radius 2 is 1.77 bits per heavy atom. The van der Waals surface area contributed by atoms with Crippen LogP contribution in [0.3, 0.4) is 0 Å². The van der Waals surface area contributed by atoms with Gasteiger partial charge in [-0.15, -0.1) is 10.2 Å². The van der Waals surface area contributed by atoms with Crippen molar-refractivity contribution in [2.24, 2.45) is 10.2 Å². The number of thioether (sulfide) groups is 1. The van der Waals surface area contributed by atoms with Gasteiger partial charge in [-0.2, -0.15) is 0 Å². The molecule has 0 unspecified atom stereocenters. The molecule has 1 saturated heterocycles. The summed E-state index contributed by atoms with van der Waals surface area (Å²) in [5, 5.41) is 21.2. The second-order valence-electron chi connectivity index (χ2n) is 7.52. The summed E-state index contributed by atoms with van der Waals surface area (Å²) in [5.74, 6) is 0.132. The Morgan fingerprint density at radius 1 is 1.03 bits per heavy atom. The van der Waals surface area contributed by atoms with E-state index in [1.165, 1.54) is 4.90 Å². The molecule has 2 amide bonds. The minimum Gasteiger partial charge on any atom is -0.508 e. The van der Waals surface area contributed by atoms with Crippen LogP contribution in [0, 0.1) is 0 Å². The first kappa shape index (κ1) is 22.9. The molecule has 0 aliphatic carbocycles. The van der Waals surface area contributed by atoms with Crippen LogP contribution >= 0.6 is 27.7 Å². The van der Waals surface area contributed by atoms with Crippen molar-refractivity contribution in [2.45, 2.75) is 0 Å². The maximum atomic E-state index is 13.4. The zero-order chi connectivity index (χ0) is 24.5. The topological polar surface area (TPSA) is 104 Å². The predicted molar refractivity (Wildman–Crippen MR) is 141 cm³/mol. The van der Waals surface area contributed by atoms with E-state index >= 15 is 0 Å². The first-order valence-electron chi connectivity index (χ1n) is 10.4. The van der Waals surface area contributed by atoms with Crippen LogP contribution in [-0.2, 0) is 9.59 Å². The van der Waals surface area contributed by atoms with Gasteiger partial charge in [0, 0.05) is 10.0 Å². The smallest absolute Gasteiger partial charge is 0.276 e. The number of phenols is 1. The van der Waals surface area contributed by atoms with E-state index in [2.05, 4.69) is 31.4 Å². The predicted octanol–water partition coefficient (Wildman–Crippen LogP) is 5.00. The summed E-state index contributed by atoms with van der Waals surface area (Å²) in [5.41, 5.74) is 2.75. The quantitative estimate of drug-likeness (QED) is 0.353. The normalized spacial score (nSPS) is 18.5. The van der Waals surface area contributed by atoms with Gasteiger partial charge in [0.25, 0.3) is 11.8 Å². The summed E-state index contributed by atoms with van der Waals surface area (Å²) in [7, 11) is 1.57. The van der Waals surface area contributed by atoms with Gasteiger partial charge in [0.2, 0.25) is 5.17 Å². The SMILES string of the molecule is COc1ccc(N2C(=O)C(=Cc3ccc(O)cc3)SC2=NN=C2C(=O)Nc3ccc(Br)cc32)cc1. The molecule has 10 heteroatoms. The molecule has 0 bridgehead atoms. The van der Waals surface area contributed by atoms with E-state index in [1.54, 1.807) is 73.8 Å². The third kappa shape index (κ3) is 4.58. The fraction of sp³-hybridized carbons (Fsp3) is 0.0400. The number of carbonyl (C=O) groups is 2. The molecule has 0 atom stereocenters. The Hall–Kier alpha value is -3.89. The van der Waals surface area contributed by atoms with Crippen LogP contribution in [-0.4, -0.2) is 34.9 Å². The maximum Gasteiger partial charge on any atom is 0.276 e. The number of amides is 2. The highest BCUT2D eigenvalue weighted by atomic mass is 79.9. The molecule has 0 radical (unpaired) electrons. The summed E-state index contributed by atoms with van der Waals surface area (Å²) < 4.78 is 6.03. The van der Waals surface area contributed by atoms with Crippen LogP contribution in [0.4, 0.5) is 11.4 Å². The first-order chi connectivity index (χ1) is 16.9. The molecule has 1 fully saturated rings. The highest BCUT2D eigenvalue weighted by molar-refractivity contribution is 9.10. The van der Waals surface area contributed by atoms with Gasteiger partial charge < -0.3 is 15.2 Å². The van der Waals surface area contributed by atoms with Crippen molar-refractivity contribution in [3.63, 3.8) is 0 Å². The van der Waals surface area contributed by atoms with Crippen molar-refractivity contribution in [3.05, 3.63) is 87.2 Å². The van der Waals surface area contributed by atoms with Gasteiger partial charge in [-0.3, -0.25) is 14.5 Å². The summed E-state index contributed by atoms with van der Waals surface area (Å²) >= 11 is 4.56. The van der Waals surface area contributed by atoms with E-state index in [0.29, 0.717) is 32.8 Å². The number of anilines is 2. The average molecular weight is 549 g/mol. The Balaban J connectivity index is 1.56. The van der Waals surface area contributed by atoms with E-state index in [0.717, 1.165) is 21.8 Å². The van der Waals surface area contributed by atoms with E-state index < -0.39 is 0 Å². The van der Waals surface area contributed by atoms with Gasteiger partial charge in [0.15, 0.2) is 5.71 Å². The molecule has 0 spiro atoms. The number of aromatic hydroxyl groups is 1. The highest BCUT2D eigenvalue weighted by Gasteiger charge is 2.35. The lowest BCUT2D eigenvalue weighted by Crippen LogP contribution is -2.28. The third-order valence-electron chi connectivity index (χ3n) is 5.26. The van der Waals surface area contributed by atoms with Gasteiger partial charge in [-0.1, -0.05) is 28.1 Å². The number of nitrogens with one attached hydrogen (secondary N) is 1. The Morgan fingerprint density at radius 3 is 2.49 bits per heavy atom. The van der Waals surface area contributed by atoms with Gasteiger partial charge in [0.05, 0.1) is 23.4 Å². The number of hydrogen-bond donors (Lipinski definition) is 2. The summed E-state index contributed by atoms with van der Waals surface area (Å²) in [4.78, 5) is 27.8. The summed E-state index contributed by atoms with van der Waals surface area (Å²) in [6, 6.07) is 18.9. The van der Waals surface area contributed by atoms with Crippen molar-refractivity contribution in [3.8, 4) is 11.5 Å². The molecule has 3 aromatic rings. The molecule has 2 aliphatic heterocycles. The molecular formula is C25H17BrN4O4S. The third-order valence-corrected chi connectivity index (χ3v) is 6.72. The van der Waals surface area contributed by atoms with Crippen molar-refractivity contribution in [2.75, 3.05) is 17.3 Å². The fourth-order valence-electron chi connectivity index (χ4n) is 3.54. The largest absolute Gasteiger partial charge is 0.508 e. The van der Waals surface area contributed by atoms with E-state index in [1.807, 2.05) is 6.07 Å². The van der Waals surface area contributed by atoms with Crippen LogP contribution in [0.2, 0.25) is 0 Å². The number of ether oxygens (including phenoxy) is 1. The van der Waals surface area contributed by atoms with Crippen LogP contribution in [0.1, 0.15) is 11.1 Å². The second kappa shape index (κ2) is 9.40. The number of methoxy groups -OCH3 is 1. The minimum absolute atomic E-state index is 0.136. The van der Waals surface area contributed by atoms with Crippen LogP contribution in [0.25, 0.3) is 6.08 Å².